The Morgan fingerprint density at radius 3 is 2.58 bits per heavy atom. The Balaban J connectivity index is 0.00000243. The van der Waals surface area contributed by atoms with Gasteiger partial charge in [-0.1, -0.05) is 18.9 Å². The minimum atomic E-state index is 0. The second-order valence-corrected chi connectivity index (χ2v) is 6.96. The van der Waals surface area contributed by atoms with Gasteiger partial charge in [0, 0.05) is 19.0 Å². The van der Waals surface area contributed by atoms with Gasteiger partial charge in [-0.15, -0.1) is 12.4 Å². The van der Waals surface area contributed by atoms with Gasteiger partial charge in [-0.25, -0.2) is 0 Å². The minimum absolute atomic E-state index is 0. The van der Waals surface area contributed by atoms with Crippen LogP contribution < -0.4 is 9.47 Å². The average molecular weight is 384 g/mol. The third-order valence-electron chi connectivity index (χ3n) is 5.36. The maximum Gasteiger partial charge on any atom is 0.160 e. The van der Waals surface area contributed by atoms with Crippen LogP contribution in [-0.4, -0.2) is 56.7 Å². The summed E-state index contributed by atoms with van der Waals surface area (Å²) >= 11 is 0. The highest BCUT2D eigenvalue weighted by Gasteiger charge is 2.34. The average Bonchev–Trinajstić information content (AvgIpc) is 3.08. The van der Waals surface area contributed by atoms with Crippen molar-refractivity contribution >= 4 is 18.2 Å². The van der Waals surface area contributed by atoms with Gasteiger partial charge in [0.2, 0.25) is 0 Å². The molecule has 1 aromatic rings. The summed E-state index contributed by atoms with van der Waals surface area (Å²) in [6.07, 6.45) is 6.51. The summed E-state index contributed by atoms with van der Waals surface area (Å²) in [6, 6.07) is 6.42. The number of halogens is 1. The van der Waals surface area contributed by atoms with Crippen LogP contribution in [0.2, 0.25) is 0 Å². The molecule has 1 saturated carbocycles. The predicted molar refractivity (Wildman–Crippen MR) is 104 cm³/mol. The van der Waals surface area contributed by atoms with Crippen molar-refractivity contribution in [2.75, 3.05) is 33.9 Å². The first-order valence-electron chi connectivity index (χ1n) is 9.29. The Bertz CT molecular complexity index is 595. The van der Waals surface area contributed by atoms with Crippen molar-refractivity contribution in [1.29, 1.82) is 0 Å². The van der Waals surface area contributed by atoms with Gasteiger partial charge < -0.3 is 14.2 Å². The summed E-state index contributed by atoms with van der Waals surface area (Å²) < 4.78 is 16.9. The predicted octanol–water partition coefficient (Wildman–Crippen LogP) is 3.27. The Kier molecular flexibility index (Phi) is 8.19. The number of ketones is 1. The molecule has 146 valence electrons. The lowest BCUT2D eigenvalue weighted by Crippen LogP contribution is -2.45. The number of Topliss-reactive ketones (excluding diaryl/α,β-unsaturated/α-hetero) is 1. The fourth-order valence-electron chi connectivity index (χ4n) is 3.99. The first-order valence-corrected chi connectivity index (χ1v) is 9.29. The molecule has 0 spiro atoms. The fourth-order valence-corrected chi connectivity index (χ4v) is 3.99. The highest BCUT2D eigenvalue weighted by Crippen LogP contribution is 2.29. The van der Waals surface area contributed by atoms with Crippen LogP contribution in [0.1, 0.15) is 37.7 Å². The second-order valence-electron chi connectivity index (χ2n) is 6.96. The smallest absolute Gasteiger partial charge is 0.160 e. The number of hydrogen-bond acceptors (Lipinski definition) is 5. The third-order valence-corrected chi connectivity index (χ3v) is 5.36. The fraction of sp³-hybridized carbons (Fsp3) is 0.650. The molecular weight excluding hydrogens is 354 g/mol. The van der Waals surface area contributed by atoms with Crippen molar-refractivity contribution in [3.63, 3.8) is 0 Å². The van der Waals surface area contributed by atoms with Crippen LogP contribution in [0.3, 0.4) is 0 Å². The van der Waals surface area contributed by atoms with E-state index in [1.54, 1.807) is 14.2 Å². The van der Waals surface area contributed by atoms with E-state index < -0.39 is 0 Å². The van der Waals surface area contributed by atoms with Crippen LogP contribution in [0.4, 0.5) is 0 Å². The van der Waals surface area contributed by atoms with E-state index >= 15 is 0 Å². The van der Waals surface area contributed by atoms with Crippen LogP contribution in [-0.2, 0) is 16.0 Å². The molecule has 1 aromatic carbocycles. The van der Waals surface area contributed by atoms with Gasteiger partial charge in [0.1, 0.15) is 5.78 Å². The molecule has 0 radical (unpaired) electrons. The lowest BCUT2D eigenvalue weighted by atomic mass is 9.91. The van der Waals surface area contributed by atoms with Gasteiger partial charge in [0.05, 0.1) is 33.5 Å². The summed E-state index contributed by atoms with van der Waals surface area (Å²) in [5.74, 6) is 1.87. The van der Waals surface area contributed by atoms with Gasteiger partial charge in [-0.2, -0.15) is 0 Å². The molecule has 0 amide bonds. The largest absolute Gasteiger partial charge is 0.493 e. The van der Waals surface area contributed by atoms with E-state index in [4.69, 9.17) is 14.2 Å². The maximum atomic E-state index is 11.6. The Labute approximate surface area is 162 Å². The van der Waals surface area contributed by atoms with E-state index in [0.29, 0.717) is 31.4 Å². The van der Waals surface area contributed by atoms with Gasteiger partial charge in [-0.3, -0.25) is 9.69 Å². The number of methoxy groups -OCH3 is 2. The molecule has 26 heavy (non-hydrogen) atoms. The molecule has 1 saturated heterocycles. The molecule has 2 atom stereocenters. The van der Waals surface area contributed by atoms with Crippen molar-refractivity contribution in [1.82, 2.24) is 4.90 Å². The minimum Gasteiger partial charge on any atom is -0.493 e. The second kappa shape index (κ2) is 10.1. The number of carbonyl (C=O) groups is 1. The highest BCUT2D eigenvalue weighted by atomic mass is 35.5. The van der Waals surface area contributed by atoms with Crippen molar-refractivity contribution in [2.45, 2.75) is 50.7 Å². The topological polar surface area (TPSA) is 48.0 Å². The van der Waals surface area contributed by atoms with E-state index in [1.165, 1.54) is 18.4 Å². The van der Waals surface area contributed by atoms with Crippen molar-refractivity contribution in [3.8, 4) is 11.5 Å². The molecule has 1 heterocycles. The van der Waals surface area contributed by atoms with Crippen LogP contribution in [0.15, 0.2) is 18.2 Å². The summed E-state index contributed by atoms with van der Waals surface area (Å²) in [4.78, 5) is 13.9. The van der Waals surface area contributed by atoms with Gasteiger partial charge in [0.25, 0.3) is 0 Å². The normalized spacial score (nSPS) is 23.5. The summed E-state index contributed by atoms with van der Waals surface area (Å²) in [5.41, 5.74) is 1.18. The van der Waals surface area contributed by atoms with E-state index in [0.717, 1.165) is 37.3 Å². The molecule has 1 aliphatic heterocycles. The number of carbonyl (C=O) groups excluding carboxylic acids is 1. The van der Waals surface area contributed by atoms with E-state index in [2.05, 4.69) is 11.0 Å². The lowest BCUT2D eigenvalue weighted by Gasteiger charge is -2.37. The molecule has 0 N–H and O–H groups in total. The molecule has 5 nitrogen and oxygen atoms in total. The molecule has 1 aliphatic carbocycles. The number of ether oxygens (including phenoxy) is 3. The zero-order valence-electron chi connectivity index (χ0n) is 15.7. The molecule has 3 rings (SSSR count). The van der Waals surface area contributed by atoms with Gasteiger partial charge in [0.15, 0.2) is 11.5 Å². The van der Waals surface area contributed by atoms with Crippen LogP contribution in [0.5, 0.6) is 11.5 Å². The summed E-state index contributed by atoms with van der Waals surface area (Å²) in [6.45, 7) is 2.21. The monoisotopic (exact) mass is 383 g/mol. The van der Waals surface area contributed by atoms with Crippen molar-refractivity contribution in [3.05, 3.63) is 23.8 Å². The van der Waals surface area contributed by atoms with Crippen LogP contribution in [0.25, 0.3) is 0 Å². The molecule has 2 aliphatic rings. The molecule has 6 heteroatoms. The summed E-state index contributed by atoms with van der Waals surface area (Å²) in [5, 5.41) is 0. The zero-order valence-corrected chi connectivity index (χ0v) is 16.6. The molecule has 0 aromatic heterocycles. The molecule has 2 fully saturated rings. The Hall–Kier alpha value is -1.30. The Morgan fingerprint density at radius 1 is 1.12 bits per heavy atom. The number of benzene rings is 1. The van der Waals surface area contributed by atoms with Gasteiger partial charge in [-0.05, 0) is 37.0 Å². The number of nitrogens with zero attached hydrogens (tertiary/aromatic N) is 1. The maximum absolute atomic E-state index is 11.6. The molecular formula is C20H30ClNO4. The first-order chi connectivity index (χ1) is 12.2. The number of likely N-dealkylation sites (tertiary alicyclic amines) is 1. The molecule has 2 unspecified atom stereocenters. The number of rotatable bonds is 7. The third kappa shape index (κ3) is 5.12. The van der Waals surface area contributed by atoms with E-state index in [1.807, 2.05) is 12.1 Å². The van der Waals surface area contributed by atoms with E-state index in [9.17, 15) is 4.79 Å². The van der Waals surface area contributed by atoms with Gasteiger partial charge >= 0.3 is 0 Å². The number of hydrogen-bond donors (Lipinski definition) is 0. The zero-order chi connectivity index (χ0) is 17.6. The quantitative estimate of drug-likeness (QED) is 0.723. The van der Waals surface area contributed by atoms with Crippen LogP contribution >= 0.6 is 12.4 Å². The standard InChI is InChI=1S/C20H29NO4.ClH/c1-23-19-8-7-15(13-20(19)24-2)10-12-25-18-6-4-3-5-17(18)21-11-9-16(22)14-21;/h7-8,13,17-18H,3-6,9-12,14H2,1-2H3;1H. The first kappa shape index (κ1) is 21.0. The SMILES string of the molecule is COc1ccc(CCOC2CCCCC2N2CCC(=O)C2)cc1OC.Cl. The van der Waals surface area contributed by atoms with Crippen molar-refractivity contribution < 1.29 is 19.0 Å². The highest BCUT2D eigenvalue weighted by molar-refractivity contribution is 5.85. The van der Waals surface area contributed by atoms with E-state index in [-0.39, 0.29) is 18.5 Å². The Morgan fingerprint density at radius 2 is 1.88 bits per heavy atom. The summed E-state index contributed by atoms with van der Waals surface area (Å²) in [7, 11) is 3.30. The molecule has 0 bridgehead atoms. The van der Waals surface area contributed by atoms with Crippen molar-refractivity contribution in [2.24, 2.45) is 0 Å². The lowest BCUT2D eigenvalue weighted by molar-refractivity contribution is -0.117. The van der Waals surface area contributed by atoms with Crippen LogP contribution in [0, 0.1) is 0 Å².